The highest BCUT2D eigenvalue weighted by atomic mass is 32.2. The molecule has 25 heavy (non-hydrogen) atoms. The van der Waals surface area contributed by atoms with Gasteiger partial charge in [-0.25, -0.2) is 8.42 Å². The summed E-state index contributed by atoms with van der Waals surface area (Å²) in [5.74, 6) is -1.12. The Hall–Kier alpha value is -2.34. The molecule has 1 heterocycles. The quantitative estimate of drug-likeness (QED) is 0.818. The van der Waals surface area contributed by atoms with Crippen LogP contribution < -0.4 is 9.41 Å². The molecule has 132 valence electrons. The van der Waals surface area contributed by atoms with E-state index in [1.807, 2.05) is 31.2 Å². The Labute approximate surface area is 148 Å². The molecule has 0 bridgehead atoms. The first-order chi connectivity index (χ1) is 11.9. The first-order valence-corrected chi connectivity index (χ1v) is 9.75. The summed E-state index contributed by atoms with van der Waals surface area (Å²) in [6.45, 7) is 1.92. The Kier molecular flexibility index (Phi) is 4.81. The Morgan fingerprint density at radius 3 is 2.52 bits per heavy atom. The van der Waals surface area contributed by atoms with Gasteiger partial charge in [0.05, 0.1) is 10.6 Å². The van der Waals surface area contributed by atoms with Crippen LogP contribution in [0.3, 0.4) is 0 Å². The predicted octanol–water partition coefficient (Wildman–Crippen LogP) is 1.90. The summed E-state index contributed by atoms with van der Waals surface area (Å²) < 4.78 is 27.8. The van der Waals surface area contributed by atoms with Crippen molar-refractivity contribution in [3.05, 3.63) is 59.7 Å². The standard InChI is InChI=1S/C19H21NO4S/c1-14-6-10-16-4-2-3-5-18(16)20(14)25(23,24)17-11-7-15(8-12-17)9-13-19(21)22/h2-5,7-8,11-12,14H,6,9-10,13H2,1H3,(H,21,22)/p-1/t14-/m0/s1. The summed E-state index contributed by atoms with van der Waals surface area (Å²) >= 11 is 0. The molecule has 3 rings (SSSR count). The first-order valence-electron chi connectivity index (χ1n) is 8.31. The summed E-state index contributed by atoms with van der Waals surface area (Å²) in [7, 11) is -3.67. The molecular formula is C19H20NO4S-. The number of anilines is 1. The minimum atomic E-state index is -3.67. The highest BCUT2D eigenvalue weighted by molar-refractivity contribution is 7.92. The number of carboxylic acid groups (broad SMARTS) is 1. The van der Waals surface area contributed by atoms with Crippen LogP contribution in [-0.2, 0) is 27.7 Å². The van der Waals surface area contributed by atoms with Gasteiger partial charge in [-0.15, -0.1) is 0 Å². The highest BCUT2D eigenvalue weighted by Gasteiger charge is 2.33. The normalized spacial score (nSPS) is 17.2. The minimum absolute atomic E-state index is 0.0807. The van der Waals surface area contributed by atoms with Crippen molar-refractivity contribution >= 4 is 21.7 Å². The second-order valence-corrected chi connectivity index (χ2v) is 8.15. The van der Waals surface area contributed by atoms with Gasteiger partial charge in [-0.1, -0.05) is 30.3 Å². The summed E-state index contributed by atoms with van der Waals surface area (Å²) in [4.78, 5) is 10.8. The molecule has 0 saturated heterocycles. The summed E-state index contributed by atoms with van der Waals surface area (Å²) in [6, 6.07) is 13.9. The van der Waals surface area contributed by atoms with Crippen LogP contribution in [0.25, 0.3) is 0 Å². The van der Waals surface area contributed by atoms with Gasteiger partial charge in [0.1, 0.15) is 0 Å². The molecule has 0 unspecified atom stereocenters. The maximum Gasteiger partial charge on any atom is 0.264 e. The Balaban J connectivity index is 1.92. The van der Waals surface area contributed by atoms with E-state index in [1.54, 1.807) is 24.3 Å². The van der Waals surface area contributed by atoms with Crippen LogP contribution >= 0.6 is 0 Å². The lowest BCUT2D eigenvalue weighted by molar-refractivity contribution is -0.305. The molecule has 5 nitrogen and oxygen atoms in total. The third-order valence-corrected chi connectivity index (χ3v) is 6.50. The molecule has 0 spiro atoms. The van der Waals surface area contributed by atoms with E-state index < -0.39 is 16.0 Å². The summed E-state index contributed by atoms with van der Waals surface area (Å²) in [6.07, 6.45) is 1.89. The molecule has 2 aromatic rings. The first kappa shape index (κ1) is 17.5. The van der Waals surface area contributed by atoms with E-state index in [-0.39, 0.29) is 17.4 Å². The number of carboxylic acids is 1. The summed E-state index contributed by atoms with van der Waals surface area (Å²) in [5.41, 5.74) is 2.55. The van der Waals surface area contributed by atoms with Gasteiger partial charge in [-0.05, 0) is 61.9 Å². The fraction of sp³-hybridized carbons (Fsp3) is 0.316. The molecule has 0 saturated carbocycles. The van der Waals surface area contributed by atoms with E-state index in [0.717, 1.165) is 29.7 Å². The number of rotatable bonds is 5. The van der Waals surface area contributed by atoms with Crippen molar-refractivity contribution in [2.75, 3.05) is 4.31 Å². The van der Waals surface area contributed by atoms with E-state index in [9.17, 15) is 18.3 Å². The number of carbonyl (C=O) groups excluding carboxylic acids is 1. The number of aliphatic carboxylic acids is 1. The molecular weight excluding hydrogens is 338 g/mol. The van der Waals surface area contributed by atoms with Crippen molar-refractivity contribution in [2.45, 2.75) is 43.5 Å². The molecule has 0 N–H and O–H groups in total. The van der Waals surface area contributed by atoms with Crippen molar-refractivity contribution in [3.63, 3.8) is 0 Å². The Bertz CT molecular complexity index is 875. The topological polar surface area (TPSA) is 77.5 Å². The fourth-order valence-corrected chi connectivity index (χ4v) is 4.93. The predicted molar refractivity (Wildman–Crippen MR) is 93.7 cm³/mol. The van der Waals surface area contributed by atoms with Crippen molar-refractivity contribution in [1.29, 1.82) is 0 Å². The molecule has 0 aromatic heterocycles. The van der Waals surface area contributed by atoms with E-state index in [4.69, 9.17) is 0 Å². The largest absolute Gasteiger partial charge is 0.550 e. The van der Waals surface area contributed by atoms with Crippen molar-refractivity contribution in [3.8, 4) is 0 Å². The number of para-hydroxylation sites is 1. The number of aryl methyl sites for hydroxylation is 2. The zero-order valence-corrected chi connectivity index (χ0v) is 14.8. The van der Waals surface area contributed by atoms with Gasteiger partial charge in [0.2, 0.25) is 0 Å². The van der Waals surface area contributed by atoms with Crippen LogP contribution in [0.15, 0.2) is 53.4 Å². The molecule has 2 aromatic carbocycles. The molecule has 0 fully saturated rings. The van der Waals surface area contributed by atoms with Gasteiger partial charge < -0.3 is 9.90 Å². The summed E-state index contributed by atoms with van der Waals surface area (Å²) in [5, 5.41) is 10.5. The van der Waals surface area contributed by atoms with E-state index in [0.29, 0.717) is 6.42 Å². The number of nitrogens with zero attached hydrogens (tertiary/aromatic N) is 1. The maximum absolute atomic E-state index is 13.2. The van der Waals surface area contributed by atoms with Gasteiger partial charge in [0.25, 0.3) is 10.0 Å². The molecule has 0 amide bonds. The molecule has 0 aliphatic carbocycles. The van der Waals surface area contributed by atoms with Gasteiger partial charge in [0.15, 0.2) is 0 Å². The van der Waals surface area contributed by atoms with E-state index >= 15 is 0 Å². The molecule has 1 atom stereocenters. The Morgan fingerprint density at radius 2 is 1.84 bits per heavy atom. The third kappa shape index (κ3) is 3.54. The van der Waals surface area contributed by atoms with Crippen molar-refractivity contribution < 1.29 is 18.3 Å². The lowest BCUT2D eigenvalue weighted by Gasteiger charge is -2.36. The van der Waals surface area contributed by atoms with Gasteiger partial charge in [-0.2, -0.15) is 0 Å². The lowest BCUT2D eigenvalue weighted by Crippen LogP contribution is -2.42. The molecule has 1 aliphatic rings. The fourth-order valence-electron chi connectivity index (χ4n) is 3.21. The molecule has 1 aliphatic heterocycles. The number of benzene rings is 2. The molecule has 0 radical (unpaired) electrons. The lowest BCUT2D eigenvalue weighted by atomic mass is 9.99. The Morgan fingerprint density at radius 1 is 1.16 bits per heavy atom. The number of sulfonamides is 1. The van der Waals surface area contributed by atoms with Crippen LogP contribution in [0.2, 0.25) is 0 Å². The smallest absolute Gasteiger partial charge is 0.264 e. The van der Waals surface area contributed by atoms with Crippen LogP contribution in [0.5, 0.6) is 0 Å². The van der Waals surface area contributed by atoms with Crippen LogP contribution in [0.1, 0.15) is 30.9 Å². The number of fused-ring (bicyclic) bond motifs is 1. The van der Waals surface area contributed by atoms with Crippen LogP contribution in [0.4, 0.5) is 5.69 Å². The molecule has 6 heteroatoms. The average Bonchev–Trinajstić information content (AvgIpc) is 2.60. The minimum Gasteiger partial charge on any atom is -0.550 e. The number of carbonyl (C=O) groups is 1. The van der Waals surface area contributed by atoms with E-state index in [1.165, 1.54) is 4.31 Å². The number of hydrogen-bond donors (Lipinski definition) is 0. The van der Waals surface area contributed by atoms with E-state index in [2.05, 4.69) is 0 Å². The second kappa shape index (κ2) is 6.88. The van der Waals surface area contributed by atoms with Crippen LogP contribution in [-0.4, -0.2) is 20.4 Å². The van der Waals surface area contributed by atoms with Crippen LogP contribution in [0, 0.1) is 0 Å². The van der Waals surface area contributed by atoms with Crippen molar-refractivity contribution in [1.82, 2.24) is 0 Å². The van der Waals surface area contributed by atoms with Gasteiger partial charge in [-0.3, -0.25) is 4.31 Å². The highest BCUT2D eigenvalue weighted by Crippen LogP contribution is 2.35. The zero-order chi connectivity index (χ0) is 18.0. The number of hydrogen-bond acceptors (Lipinski definition) is 4. The third-order valence-electron chi connectivity index (χ3n) is 4.56. The zero-order valence-electron chi connectivity index (χ0n) is 14.0. The monoisotopic (exact) mass is 358 g/mol. The van der Waals surface area contributed by atoms with Gasteiger partial charge >= 0.3 is 0 Å². The average molecular weight is 358 g/mol. The van der Waals surface area contributed by atoms with Crippen molar-refractivity contribution in [2.24, 2.45) is 0 Å². The second-order valence-electron chi connectivity index (χ2n) is 6.33. The SMILES string of the molecule is C[C@H]1CCc2ccccc2N1S(=O)(=O)c1ccc(CCC(=O)[O-])cc1. The maximum atomic E-state index is 13.2. The van der Waals surface area contributed by atoms with Gasteiger partial charge in [0, 0.05) is 12.0 Å².